The van der Waals surface area contributed by atoms with E-state index in [0.717, 1.165) is 60.6 Å². The number of hydrogen-bond acceptors (Lipinski definition) is 4. The summed E-state index contributed by atoms with van der Waals surface area (Å²) in [6, 6.07) is 15.0. The third kappa shape index (κ3) is 7.17. The molecule has 6 nitrogen and oxygen atoms in total. The predicted molar refractivity (Wildman–Crippen MR) is 128 cm³/mol. The number of carbonyl (C=O) groups is 3. The zero-order valence-electron chi connectivity index (χ0n) is 18.8. The summed E-state index contributed by atoms with van der Waals surface area (Å²) in [6.07, 6.45) is 10.7. The molecule has 0 unspecified atom stereocenters. The normalized spacial score (nSPS) is 14.5. The number of carboxylic acids is 1. The van der Waals surface area contributed by atoms with Crippen molar-refractivity contribution >= 4 is 35.7 Å². The first-order valence-electron chi connectivity index (χ1n) is 11.1. The molecular weight excluding hydrogens is 418 g/mol. The van der Waals surface area contributed by atoms with Crippen molar-refractivity contribution in [3.05, 3.63) is 77.4 Å². The second kappa shape index (κ2) is 11.8. The third-order valence-corrected chi connectivity index (χ3v) is 5.73. The van der Waals surface area contributed by atoms with Gasteiger partial charge >= 0.3 is 11.9 Å². The van der Waals surface area contributed by atoms with E-state index >= 15 is 0 Å². The lowest BCUT2D eigenvalue weighted by atomic mass is 9.88. The molecule has 0 spiro atoms. The Kier molecular flexibility index (Phi) is 8.58. The third-order valence-electron chi connectivity index (χ3n) is 5.73. The van der Waals surface area contributed by atoms with Crippen LogP contribution in [-0.2, 0) is 25.7 Å². The van der Waals surface area contributed by atoms with E-state index in [1.165, 1.54) is 19.3 Å². The van der Waals surface area contributed by atoms with E-state index in [1.54, 1.807) is 11.0 Å². The Morgan fingerprint density at radius 2 is 1.64 bits per heavy atom. The number of benzene rings is 2. The Balaban J connectivity index is 1.91. The molecule has 0 heterocycles. The van der Waals surface area contributed by atoms with Gasteiger partial charge in [0.1, 0.15) is 0 Å². The lowest BCUT2D eigenvalue weighted by Gasteiger charge is -2.30. The number of nitrogens with zero attached hydrogens (tertiary/aromatic N) is 1. The Morgan fingerprint density at radius 1 is 0.970 bits per heavy atom. The molecule has 1 N–H and O–H groups in total. The molecule has 1 aliphatic rings. The number of esters is 1. The number of rotatable bonds is 8. The van der Waals surface area contributed by atoms with Gasteiger partial charge in [0.25, 0.3) is 0 Å². The minimum atomic E-state index is -1.01. The fourth-order valence-electron chi connectivity index (χ4n) is 4.04. The summed E-state index contributed by atoms with van der Waals surface area (Å²) in [5.41, 5.74) is 3.21. The van der Waals surface area contributed by atoms with Crippen LogP contribution >= 0.6 is 0 Å². The SMILES string of the molecule is COC(=O)/C=C/c1cccc(N(Cc2cccc(/C=C/C(=O)O)c2)C(=O)C2CCCCC2)c1. The highest BCUT2D eigenvalue weighted by molar-refractivity contribution is 5.95. The van der Waals surface area contributed by atoms with Gasteiger partial charge in [-0.05, 0) is 59.9 Å². The summed E-state index contributed by atoms with van der Waals surface area (Å²) >= 11 is 0. The molecule has 2 aromatic carbocycles. The van der Waals surface area contributed by atoms with E-state index in [9.17, 15) is 14.4 Å². The molecule has 1 aliphatic carbocycles. The van der Waals surface area contributed by atoms with Gasteiger partial charge < -0.3 is 14.7 Å². The molecule has 0 saturated heterocycles. The fraction of sp³-hybridized carbons (Fsp3) is 0.296. The maximum atomic E-state index is 13.6. The molecule has 0 atom stereocenters. The second-order valence-corrected chi connectivity index (χ2v) is 8.13. The van der Waals surface area contributed by atoms with Gasteiger partial charge in [-0.2, -0.15) is 0 Å². The quantitative estimate of drug-likeness (QED) is 0.450. The highest BCUT2D eigenvalue weighted by Crippen LogP contribution is 2.29. The molecule has 0 aromatic heterocycles. The first-order valence-corrected chi connectivity index (χ1v) is 11.1. The smallest absolute Gasteiger partial charge is 0.330 e. The van der Waals surface area contributed by atoms with Crippen LogP contribution < -0.4 is 4.90 Å². The van der Waals surface area contributed by atoms with Crippen molar-refractivity contribution in [3.63, 3.8) is 0 Å². The minimum Gasteiger partial charge on any atom is -0.478 e. The van der Waals surface area contributed by atoms with Crippen molar-refractivity contribution < 1.29 is 24.2 Å². The average molecular weight is 448 g/mol. The van der Waals surface area contributed by atoms with Gasteiger partial charge in [0.15, 0.2) is 0 Å². The van der Waals surface area contributed by atoms with Gasteiger partial charge in [0.2, 0.25) is 5.91 Å². The highest BCUT2D eigenvalue weighted by atomic mass is 16.5. The molecule has 1 saturated carbocycles. The van der Waals surface area contributed by atoms with Crippen LogP contribution in [0.25, 0.3) is 12.2 Å². The monoisotopic (exact) mass is 447 g/mol. The number of ether oxygens (including phenoxy) is 1. The molecule has 0 aliphatic heterocycles. The first kappa shape index (κ1) is 24.0. The molecule has 0 radical (unpaired) electrons. The van der Waals surface area contributed by atoms with Gasteiger partial charge in [-0.25, -0.2) is 9.59 Å². The summed E-state index contributed by atoms with van der Waals surface area (Å²) in [4.78, 5) is 37.7. The van der Waals surface area contributed by atoms with E-state index in [1.807, 2.05) is 48.5 Å². The van der Waals surface area contributed by atoms with Crippen molar-refractivity contribution in [3.8, 4) is 0 Å². The largest absolute Gasteiger partial charge is 0.478 e. The van der Waals surface area contributed by atoms with Crippen LogP contribution in [-0.4, -0.2) is 30.1 Å². The van der Waals surface area contributed by atoms with Gasteiger partial charge in [0.05, 0.1) is 13.7 Å². The zero-order chi connectivity index (χ0) is 23.6. The molecule has 3 rings (SSSR count). The molecule has 2 aromatic rings. The maximum Gasteiger partial charge on any atom is 0.330 e. The molecule has 172 valence electrons. The van der Waals surface area contributed by atoms with Gasteiger partial charge in [-0.1, -0.05) is 49.6 Å². The number of methoxy groups -OCH3 is 1. The topological polar surface area (TPSA) is 83.9 Å². The van der Waals surface area contributed by atoms with Crippen LogP contribution in [0.4, 0.5) is 5.69 Å². The van der Waals surface area contributed by atoms with Crippen molar-refractivity contribution in [2.45, 2.75) is 38.6 Å². The number of anilines is 1. The summed E-state index contributed by atoms with van der Waals surface area (Å²) in [6.45, 7) is 0.369. The maximum absolute atomic E-state index is 13.6. The Labute approximate surface area is 194 Å². The van der Waals surface area contributed by atoms with Crippen LogP contribution in [0.5, 0.6) is 0 Å². The van der Waals surface area contributed by atoms with Gasteiger partial charge in [0, 0.05) is 23.8 Å². The number of hydrogen-bond donors (Lipinski definition) is 1. The van der Waals surface area contributed by atoms with E-state index < -0.39 is 11.9 Å². The van der Waals surface area contributed by atoms with Crippen molar-refractivity contribution in [1.82, 2.24) is 0 Å². The average Bonchev–Trinajstić information content (AvgIpc) is 2.85. The Hall–Kier alpha value is -3.67. The summed E-state index contributed by atoms with van der Waals surface area (Å²) in [7, 11) is 1.33. The van der Waals surface area contributed by atoms with E-state index in [0.29, 0.717) is 6.54 Å². The summed E-state index contributed by atoms with van der Waals surface area (Å²) in [5.74, 6) is -1.37. The number of amides is 1. The van der Waals surface area contributed by atoms with Crippen LogP contribution in [0.1, 0.15) is 48.8 Å². The Morgan fingerprint density at radius 3 is 2.33 bits per heavy atom. The lowest BCUT2D eigenvalue weighted by molar-refractivity contribution is -0.135. The summed E-state index contributed by atoms with van der Waals surface area (Å²) < 4.78 is 4.66. The Bertz CT molecular complexity index is 1050. The molecule has 0 bridgehead atoms. The highest BCUT2D eigenvalue weighted by Gasteiger charge is 2.27. The number of carbonyl (C=O) groups excluding carboxylic acids is 2. The lowest BCUT2D eigenvalue weighted by Crippen LogP contribution is -2.36. The standard InChI is InChI=1S/C27H29NO5/c1-33-26(31)16-14-21-8-6-12-24(18-21)28(27(32)23-10-3-2-4-11-23)19-22-9-5-7-20(17-22)13-15-25(29)30/h5-9,12-18,23H,2-4,10-11,19H2,1H3,(H,29,30)/b15-13+,16-14+. The van der Waals surface area contributed by atoms with Crippen molar-refractivity contribution in [2.24, 2.45) is 5.92 Å². The van der Waals surface area contributed by atoms with E-state index in [-0.39, 0.29) is 11.8 Å². The molecular formula is C27H29NO5. The van der Waals surface area contributed by atoms with Crippen LogP contribution in [0.3, 0.4) is 0 Å². The molecule has 1 amide bonds. The van der Waals surface area contributed by atoms with Crippen LogP contribution in [0, 0.1) is 5.92 Å². The van der Waals surface area contributed by atoms with Crippen molar-refractivity contribution in [1.29, 1.82) is 0 Å². The second-order valence-electron chi connectivity index (χ2n) is 8.13. The zero-order valence-corrected chi connectivity index (χ0v) is 18.8. The van der Waals surface area contributed by atoms with Gasteiger partial charge in [-0.3, -0.25) is 4.79 Å². The van der Waals surface area contributed by atoms with Gasteiger partial charge in [-0.15, -0.1) is 0 Å². The molecule has 6 heteroatoms. The number of aliphatic carboxylic acids is 1. The first-order chi connectivity index (χ1) is 16.0. The van der Waals surface area contributed by atoms with E-state index in [4.69, 9.17) is 5.11 Å². The summed E-state index contributed by atoms with van der Waals surface area (Å²) in [5, 5.41) is 8.90. The predicted octanol–water partition coefficient (Wildman–Crippen LogP) is 5.08. The number of carboxylic acid groups (broad SMARTS) is 1. The van der Waals surface area contributed by atoms with Crippen molar-refractivity contribution in [2.75, 3.05) is 12.0 Å². The van der Waals surface area contributed by atoms with Crippen LogP contribution in [0.15, 0.2) is 60.7 Å². The fourth-order valence-corrected chi connectivity index (χ4v) is 4.04. The van der Waals surface area contributed by atoms with Crippen LogP contribution in [0.2, 0.25) is 0 Å². The van der Waals surface area contributed by atoms with E-state index in [2.05, 4.69) is 4.74 Å². The minimum absolute atomic E-state index is 0.0110. The molecule has 1 fully saturated rings. The molecule has 33 heavy (non-hydrogen) atoms.